The Labute approximate surface area is 190 Å². The van der Waals surface area contributed by atoms with Crippen molar-refractivity contribution >= 4 is 16.9 Å². The molecule has 0 aliphatic carbocycles. The number of hydrogen-bond donors (Lipinski definition) is 2. The molecule has 6 heteroatoms. The topological polar surface area (TPSA) is 67.8 Å². The standard InChI is InChI=1S/C26H32N4O2/c1-19-10-11-22(24(16-19)32-18-23-9-5-15-31-23)17-30-26(27-2)29-14-12-21-7-3-6-20-8-4-13-28-25(20)21/h3-4,6-8,10-11,13,16,23H,5,9,12,14-15,17-18H2,1-2H3,(H2,27,29,30). The van der Waals surface area contributed by atoms with E-state index in [0.29, 0.717) is 13.2 Å². The van der Waals surface area contributed by atoms with Gasteiger partial charge >= 0.3 is 0 Å². The van der Waals surface area contributed by atoms with E-state index >= 15 is 0 Å². The van der Waals surface area contributed by atoms with Crippen molar-refractivity contribution in [3.05, 3.63) is 71.4 Å². The van der Waals surface area contributed by atoms with E-state index in [1.54, 1.807) is 7.05 Å². The Hall–Kier alpha value is -3.12. The van der Waals surface area contributed by atoms with Gasteiger partial charge in [-0.2, -0.15) is 0 Å². The van der Waals surface area contributed by atoms with Crippen LogP contribution < -0.4 is 15.4 Å². The maximum atomic E-state index is 6.12. The zero-order valence-electron chi connectivity index (χ0n) is 18.9. The van der Waals surface area contributed by atoms with Crippen molar-refractivity contribution < 1.29 is 9.47 Å². The predicted octanol–water partition coefficient (Wildman–Crippen LogP) is 4.01. The molecule has 1 unspecified atom stereocenters. The summed E-state index contributed by atoms with van der Waals surface area (Å²) < 4.78 is 11.8. The van der Waals surface area contributed by atoms with Crippen LogP contribution in [0.5, 0.6) is 5.75 Å². The number of rotatable bonds is 8. The monoisotopic (exact) mass is 432 g/mol. The first-order chi connectivity index (χ1) is 15.7. The number of para-hydroxylation sites is 1. The highest BCUT2D eigenvalue weighted by molar-refractivity contribution is 5.82. The minimum absolute atomic E-state index is 0.203. The lowest BCUT2D eigenvalue weighted by Gasteiger charge is -2.17. The number of aliphatic imine (C=N–C) groups is 1. The Morgan fingerprint density at radius 3 is 2.91 bits per heavy atom. The molecule has 0 radical (unpaired) electrons. The lowest BCUT2D eigenvalue weighted by molar-refractivity contribution is 0.0676. The molecule has 2 heterocycles. The van der Waals surface area contributed by atoms with Crippen molar-refractivity contribution in [2.75, 3.05) is 26.8 Å². The second kappa shape index (κ2) is 11.0. The van der Waals surface area contributed by atoms with Crippen molar-refractivity contribution in [2.24, 2.45) is 4.99 Å². The molecular formula is C26H32N4O2. The van der Waals surface area contributed by atoms with Crippen molar-refractivity contribution in [1.29, 1.82) is 0 Å². The van der Waals surface area contributed by atoms with Gasteiger partial charge in [-0.15, -0.1) is 0 Å². The first-order valence-electron chi connectivity index (χ1n) is 11.3. The number of nitrogens with zero attached hydrogens (tertiary/aromatic N) is 2. The molecule has 2 N–H and O–H groups in total. The van der Waals surface area contributed by atoms with Crippen LogP contribution in [0, 0.1) is 6.92 Å². The molecule has 1 aliphatic rings. The summed E-state index contributed by atoms with van der Waals surface area (Å²) in [7, 11) is 1.79. The number of ether oxygens (including phenoxy) is 2. The van der Waals surface area contributed by atoms with E-state index in [1.165, 1.54) is 16.5 Å². The largest absolute Gasteiger partial charge is 0.491 e. The second-order valence-corrected chi connectivity index (χ2v) is 8.15. The fourth-order valence-corrected chi connectivity index (χ4v) is 3.98. The maximum Gasteiger partial charge on any atom is 0.191 e. The molecule has 32 heavy (non-hydrogen) atoms. The summed E-state index contributed by atoms with van der Waals surface area (Å²) in [5, 5.41) is 7.99. The molecular weight excluding hydrogens is 400 g/mol. The van der Waals surface area contributed by atoms with Crippen LogP contribution in [0.25, 0.3) is 10.9 Å². The highest BCUT2D eigenvalue weighted by atomic mass is 16.5. The average molecular weight is 433 g/mol. The Kier molecular flexibility index (Phi) is 7.56. The molecule has 0 spiro atoms. The Morgan fingerprint density at radius 2 is 2.06 bits per heavy atom. The van der Waals surface area contributed by atoms with E-state index in [1.807, 2.05) is 12.3 Å². The third-order valence-corrected chi connectivity index (χ3v) is 5.74. The minimum Gasteiger partial charge on any atom is -0.491 e. The first kappa shape index (κ1) is 22.1. The zero-order valence-corrected chi connectivity index (χ0v) is 18.9. The Bertz CT molecular complexity index is 1060. The summed E-state index contributed by atoms with van der Waals surface area (Å²) in [5.41, 5.74) is 4.58. The first-order valence-corrected chi connectivity index (χ1v) is 11.3. The van der Waals surface area contributed by atoms with Crippen LogP contribution in [0.2, 0.25) is 0 Å². The van der Waals surface area contributed by atoms with Gasteiger partial charge < -0.3 is 20.1 Å². The van der Waals surface area contributed by atoms with Crippen molar-refractivity contribution in [3.63, 3.8) is 0 Å². The quantitative estimate of drug-likeness (QED) is 0.416. The van der Waals surface area contributed by atoms with Crippen molar-refractivity contribution in [1.82, 2.24) is 15.6 Å². The number of aryl methyl sites for hydroxylation is 1. The molecule has 0 saturated carbocycles. The molecule has 4 rings (SSSR count). The molecule has 1 atom stereocenters. The summed E-state index contributed by atoms with van der Waals surface area (Å²) in [6.45, 7) is 4.93. The van der Waals surface area contributed by atoms with Gasteiger partial charge in [0, 0.05) is 43.9 Å². The van der Waals surface area contributed by atoms with Gasteiger partial charge in [-0.1, -0.05) is 36.4 Å². The fourth-order valence-electron chi connectivity index (χ4n) is 3.98. The SMILES string of the molecule is CN=C(NCCc1cccc2cccnc12)NCc1ccc(C)cc1OCC1CCCO1. The number of fused-ring (bicyclic) bond motifs is 1. The number of hydrogen-bond acceptors (Lipinski definition) is 4. The van der Waals surface area contributed by atoms with Gasteiger partial charge in [0.2, 0.25) is 0 Å². The second-order valence-electron chi connectivity index (χ2n) is 8.15. The Balaban J connectivity index is 1.31. The molecule has 0 bridgehead atoms. The molecule has 1 aromatic heterocycles. The van der Waals surface area contributed by atoms with E-state index in [0.717, 1.165) is 55.2 Å². The number of nitrogens with one attached hydrogen (secondary N) is 2. The highest BCUT2D eigenvalue weighted by Crippen LogP contribution is 2.22. The van der Waals surface area contributed by atoms with Crippen LogP contribution in [0.4, 0.5) is 0 Å². The third-order valence-electron chi connectivity index (χ3n) is 5.74. The van der Waals surface area contributed by atoms with E-state index in [2.05, 4.69) is 70.0 Å². The van der Waals surface area contributed by atoms with Gasteiger partial charge in [-0.05, 0) is 49.4 Å². The van der Waals surface area contributed by atoms with Crippen LogP contribution in [-0.4, -0.2) is 43.9 Å². The Morgan fingerprint density at radius 1 is 1.16 bits per heavy atom. The predicted molar refractivity (Wildman–Crippen MR) is 129 cm³/mol. The van der Waals surface area contributed by atoms with Crippen LogP contribution in [0.1, 0.15) is 29.5 Å². The van der Waals surface area contributed by atoms with Gasteiger partial charge in [-0.3, -0.25) is 9.98 Å². The number of guanidine groups is 1. The summed E-state index contributed by atoms with van der Waals surface area (Å²) >= 11 is 0. The van der Waals surface area contributed by atoms with Crippen LogP contribution >= 0.6 is 0 Å². The molecule has 1 fully saturated rings. The van der Waals surface area contributed by atoms with E-state index in [4.69, 9.17) is 9.47 Å². The van der Waals surface area contributed by atoms with Crippen molar-refractivity contribution in [2.45, 2.75) is 38.8 Å². The highest BCUT2D eigenvalue weighted by Gasteiger charge is 2.17. The van der Waals surface area contributed by atoms with Crippen LogP contribution in [-0.2, 0) is 17.7 Å². The van der Waals surface area contributed by atoms with Gasteiger partial charge in [0.05, 0.1) is 11.6 Å². The molecule has 6 nitrogen and oxygen atoms in total. The van der Waals surface area contributed by atoms with Crippen molar-refractivity contribution in [3.8, 4) is 5.75 Å². The number of benzene rings is 2. The summed E-state index contributed by atoms with van der Waals surface area (Å²) in [4.78, 5) is 8.91. The van der Waals surface area contributed by atoms with Gasteiger partial charge in [0.25, 0.3) is 0 Å². The molecule has 2 aromatic carbocycles. The average Bonchev–Trinajstić information content (AvgIpc) is 3.34. The minimum atomic E-state index is 0.203. The smallest absolute Gasteiger partial charge is 0.191 e. The summed E-state index contributed by atoms with van der Waals surface area (Å²) in [5.74, 6) is 1.68. The molecule has 168 valence electrons. The van der Waals surface area contributed by atoms with E-state index < -0.39 is 0 Å². The third kappa shape index (κ3) is 5.77. The zero-order chi connectivity index (χ0) is 22.2. The molecule has 0 amide bonds. The normalized spacial score (nSPS) is 16.3. The van der Waals surface area contributed by atoms with Gasteiger partial charge in [0.1, 0.15) is 12.4 Å². The van der Waals surface area contributed by atoms with Gasteiger partial charge in [0.15, 0.2) is 5.96 Å². The van der Waals surface area contributed by atoms with E-state index in [-0.39, 0.29) is 6.10 Å². The molecule has 3 aromatic rings. The van der Waals surface area contributed by atoms with Crippen LogP contribution in [0.3, 0.4) is 0 Å². The maximum absolute atomic E-state index is 6.12. The van der Waals surface area contributed by atoms with E-state index in [9.17, 15) is 0 Å². The number of aromatic nitrogens is 1. The lowest BCUT2D eigenvalue weighted by atomic mass is 10.1. The fraction of sp³-hybridized carbons (Fsp3) is 0.385. The molecule has 1 aliphatic heterocycles. The lowest BCUT2D eigenvalue weighted by Crippen LogP contribution is -2.38. The number of pyridine rings is 1. The van der Waals surface area contributed by atoms with Crippen LogP contribution in [0.15, 0.2) is 59.7 Å². The summed E-state index contributed by atoms with van der Waals surface area (Å²) in [6.07, 6.45) is 5.11. The summed E-state index contributed by atoms with van der Waals surface area (Å²) in [6, 6.07) is 16.7. The van der Waals surface area contributed by atoms with Gasteiger partial charge in [-0.25, -0.2) is 0 Å². The molecule has 1 saturated heterocycles.